The zero-order valence-corrected chi connectivity index (χ0v) is 18.8. The average molecular weight is 480 g/mol. The molecule has 4 amide bonds. The Bertz CT molecular complexity index is 1190. The molecule has 1 atom stereocenters. The van der Waals surface area contributed by atoms with Crippen LogP contribution in [0.15, 0.2) is 71.2 Å². The van der Waals surface area contributed by atoms with Crippen LogP contribution < -0.4 is 5.32 Å². The Morgan fingerprint density at radius 2 is 1.71 bits per heavy atom. The fourth-order valence-corrected chi connectivity index (χ4v) is 4.32. The van der Waals surface area contributed by atoms with Crippen LogP contribution in [0, 0.1) is 0 Å². The molecule has 0 bridgehead atoms. The van der Waals surface area contributed by atoms with Gasteiger partial charge in [-0.05, 0) is 34.9 Å². The van der Waals surface area contributed by atoms with Crippen molar-refractivity contribution in [1.82, 2.24) is 15.1 Å². The second kappa shape index (κ2) is 8.15. The van der Waals surface area contributed by atoms with E-state index in [4.69, 9.17) is 0 Å². The van der Waals surface area contributed by atoms with Crippen molar-refractivity contribution in [2.24, 2.45) is 0 Å². The molecular formula is C24H22BrN3O3. The zero-order valence-electron chi connectivity index (χ0n) is 17.3. The van der Waals surface area contributed by atoms with Gasteiger partial charge < -0.3 is 10.2 Å². The van der Waals surface area contributed by atoms with Crippen LogP contribution in [0.5, 0.6) is 0 Å². The van der Waals surface area contributed by atoms with Crippen LogP contribution >= 0.6 is 15.9 Å². The predicted molar refractivity (Wildman–Crippen MR) is 122 cm³/mol. The Balaban J connectivity index is 1.55. The monoisotopic (exact) mass is 479 g/mol. The van der Waals surface area contributed by atoms with Crippen molar-refractivity contribution in [2.75, 3.05) is 13.6 Å². The number of urea groups is 1. The number of carbonyl (C=O) groups excluding carboxylic acids is 3. The highest BCUT2D eigenvalue weighted by atomic mass is 79.9. The second-order valence-electron chi connectivity index (χ2n) is 7.81. The molecule has 1 saturated heterocycles. The Labute approximate surface area is 189 Å². The van der Waals surface area contributed by atoms with Gasteiger partial charge in [0, 0.05) is 18.1 Å². The van der Waals surface area contributed by atoms with Crippen LogP contribution in [0.4, 0.5) is 4.79 Å². The van der Waals surface area contributed by atoms with Crippen molar-refractivity contribution < 1.29 is 14.4 Å². The maximum atomic E-state index is 13.3. The lowest BCUT2D eigenvalue weighted by atomic mass is 9.88. The molecule has 6 nitrogen and oxygen atoms in total. The highest BCUT2D eigenvalue weighted by molar-refractivity contribution is 9.10. The Morgan fingerprint density at radius 3 is 2.48 bits per heavy atom. The lowest BCUT2D eigenvalue weighted by Gasteiger charge is -2.24. The van der Waals surface area contributed by atoms with Crippen LogP contribution in [0.2, 0.25) is 0 Å². The molecular weight excluding hydrogens is 458 g/mol. The van der Waals surface area contributed by atoms with E-state index < -0.39 is 17.5 Å². The summed E-state index contributed by atoms with van der Waals surface area (Å²) in [6, 6.07) is 20.4. The highest BCUT2D eigenvalue weighted by Crippen LogP contribution is 2.33. The van der Waals surface area contributed by atoms with Crippen LogP contribution in [-0.2, 0) is 21.7 Å². The molecule has 1 aliphatic heterocycles. The largest absolute Gasteiger partial charge is 0.340 e. The van der Waals surface area contributed by atoms with Gasteiger partial charge in [-0.1, -0.05) is 76.6 Å². The van der Waals surface area contributed by atoms with Gasteiger partial charge in [-0.25, -0.2) is 4.79 Å². The van der Waals surface area contributed by atoms with E-state index in [0.717, 1.165) is 25.7 Å². The van der Waals surface area contributed by atoms with E-state index in [0.29, 0.717) is 12.1 Å². The van der Waals surface area contributed by atoms with E-state index in [-0.39, 0.29) is 12.5 Å². The molecule has 1 unspecified atom stereocenters. The van der Waals surface area contributed by atoms with Gasteiger partial charge in [0.25, 0.3) is 5.91 Å². The molecule has 0 aliphatic carbocycles. The van der Waals surface area contributed by atoms with Crippen LogP contribution in [0.3, 0.4) is 0 Å². The van der Waals surface area contributed by atoms with Gasteiger partial charge in [-0.3, -0.25) is 14.5 Å². The number of likely N-dealkylation sites (N-methyl/N-ethyl adjacent to an activating group) is 1. The smallest absolute Gasteiger partial charge is 0.325 e. The van der Waals surface area contributed by atoms with E-state index in [9.17, 15) is 14.4 Å². The molecule has 1 aliphatic rings. The minimum atomic E-state index is -1.24. The van der Waals surface area contributed by atoms with Crippen LogP contribution in [0.1, 0.15) is 18.1 Å². The Morgan fingerprint density at radius 1 is 1.03 bits per heavy atom. The summed E-state index contributed by atoms with van der Waals surface area (Å²) >= 11 is 3.48. The van der Waals surface area contributed by atoms with Gasteiger partial charge in [-0.2, -0.15) is 0 Å². The quantitative estimate of drug-likeness (QED) is 0.561. The summed E-state index contributed by atoms with van der Waals surface area (Å²) in [6.07, 6.45) is 0. The fraction of sp³-hybridized carbons (Fsp3) is 0.208. The van der Waals surface area contributed by atoms with Gasteiger partial charge in [0.1, 0.15) is 12.1 Å². The first-order chi connectivity index (χ1) is 14.8. The maximum Gasteiger partial charge on any atom is 0.325 e. The minimum Gasteiger partial charge on any atom is -0.340 e. The van der Waals surface area contributed by atoms with Crippen molar-refractivity contribution in [3.63, 3.8) is 0 Å². The molecule has 3 aromatic carbocycles. The summed E-state index contributed by atoms with van der Waals surface area (Å²) in [7, 11) is 1.66. The van der Waals surface area contributed by atoms with Gasteiger partial charge >= 0.3 is 6.03 Å². The number of fused-ring (bicyclic) bond motifs is 1. The number of benzene rings is 3. The molecule has 7 heteroatoms. The third kappa shape index (κ3) is 3.81. The number of amides is 4. The summed E-state index contributed by atoms with van der Waals surface area (Å²) in [5.74, 6) is -0.752. The normalized spacial score (nSPS) is 18.4. The number of imide groups is 1. The van der Waals surface area contributed by atoms with Crippen LogP contribution in [0.25, 0.3) is 10.8 Å². The van der Waals surface area contributed by atoms with Crippen molar-refractivity contribution in [1.29, 1.82) is 0 Å². The molecule has 0 radical (unpaired) electrons. The lowest BCUT2D eigenvalue weighted by molar-refractivity contribution is -0.138. The van der Waals surface area contributed by atoms with Gasteiger partial charge in [0.15, 0.2) is 0 Å². The molecule has 3 aromatic rings. The van der Waals surface area contributed by atoms with Gasteiger partial charge in [-0.15, -0.1) is 0 Å². The molecule has 31 heavy (non-hydrogen) atoms. The third-order valence-electron chi connectivity index (χ3n) is 5.69. The van der Waals surface area contributed by atoms with E-state index in [1.54, 1.807) is 14.0 Å². The number of halogens is 1. The second-order valence-corrected chi connectivity index (χ2v) is 8.67. The first-order valence-electron chi connectivity index (χ1n) is 9.91. The first-order valence-corrected chi connectivity index (χ1v) is 10.7. The minimum absolute atomic E-state index is 0.314. The van der Waals surface area contributed by atoms with Crippen molar-refractivity contribution in [2.45, 2.75) is 19.0 Å². The summed E-state index contributed by atoms with van der Waals surface area (Å²) in [4.78, 5) is 41.3. The maximum absolute atomic E-state index is 13.3. The zero-order chi connectivity index (χ0) is 22.2. The number of nitrogens with one attached hydrogen (secondary N) is 1. The van der Waals surface area contributed by atoms with Crippen molar-refractivity contribution in [3.05, 3.63) is 82.3 Å². The standard InChI is InChI=1S/C24H22BrN3O3/c1-24(19-12-7-10-16-8-3-5-11-18(16)19)22(30)28(23(31)26-24)15-21(29)27(2)14-17-9-4-6-13-20(17)25/h3-13H,14-15H2,1-2H3,(H,26,31). The van der Waals surface area contributed by atoms with Crippen LogP contribution in [-0.4, -0.2) is 41.2 Å². The summed E-state index contributed by atoms with van der Waals surface area (Å²) in [6.45, 7) is 1.74. The van der Waals surface area contributed by atoms with E-state index >= 15 is 0 Å². The molecule has 158 valence electrons. The molecule has 0 saturated carbocycles. The van der Waals surface area contributed by atoms with Crippen molar-refractivity contribution >= 4 is 44.5 Å². The fourth-order valence-electron chi connectivity index (χ4n) is 3.91. The van der Waals surface area contributed by atoms with E-state index in [1.165, 1.54) is 4.90 Å². The molecule has 1 heterocycles. The highest BCUT2D eigenvalue weighted by Gasteiger charge is 2.50. The number of nitrogens with zero attached hydrogens (tertiary/aromatic N) is 2. The average Bonchev–Trinajstić information content (AvgIpc) is 2.98. The number of rotatable bonds is 5. The van der Waals surface area contributed by atoms with Crippen molar-refractivity contribution in [3.8, 4) is 0 Å². The Kier molecular flexibility index (Phi) is 5.54. The Hall–Kier alpha value is -3.19. The number of hydrogen-bond acceptors (Lipinski definition) is 3. The molecule has 1 fully saturated rings. The van der Waals surface area contributed by atoms with E-state index in [2.05, 4.69) is 21.2 Å². The number of carbonyl (C=O) groups is 3. The molecule has 0 spiro atoms. The summed E-state index contributed by atoms with van der Waals surface area (Å²) < 4.78 is 0.896. The van der Waals surface area contributed by atoms with Gasteiger partial charge in [0.05, 0.1) is 0 Å². The molecule has 4 rings (SSSR count). The molecule has 0 aromatic heterocycles. The van der Waals surface area contributed by atoms with E-state index in [1.807, 2.05) is 66.7 Å². The summed E-state index contributed by atoms with van der Waals surface area (Å²) in [5.41, 5.74) is 0.413. The van der Waals surface area contributed by atoms with Gasteiger partial charge in [0.2, 0.25) is 5.91 Å². The summed E-state index contributed by atoms with van der Waals surface area (Å²) in [5, 5.41) is 4.67. The lowest BCUT2D eigenvalue weighted by Crippen LogP contribution is -2.43. The topological polar surface area (TPSA) is 69.7 Å². The number of hydrogen-bond donors (Lipinski definition) is 1. The SMILES string of the molecule is CN(Cc1ccccc1Br)C(=O)CN1C(=O)NC(C)(c2cccc3ccccc23)C1=O. The predicted octanol–water partition coefficient (Wildman–Crippen LogP) is 4.03. The molecule has 1 N–H and O–H groups in total. The first kappa shape index (κ1) is 21.1. The third-order valence-corrected chi connectivity index (χ3v) is 6.46.